The third kappa shape index (κ3) is 3.26. The van der Waals surface area contributed by atoms with Crippen LogP contribution in [0.4, 0.5) is 0 Å². The number of sulfonamides is 1. The fourth-order valence-corrected chi connectivity index (χ4v) is 5.65. The standard InChI is InChI=1S/C13H18ClNO4S2/c1-13(2,12(16)17)9-4-3-7-15(8-9)21(18,19)11-6-5-10(14)20-11/h5-6,9H,3-4,7-8H2,1-2H3,(H,16,17). The van der Waals surface area contributed by atoms with Gasteiger partial charge in [-0.05, 0) is 44.7 Å². The maximum atomic E-state index is 12.6. The third-order valence-electron chi connectivity index (χ3n) is 4.10. The van der Waals surface area contributed by atoms with Crippen molar-refractivity contribution in [3.63, 3.8) is 0 Å². The summed E-state index contributed by atoms with van der Waals surface area (Å²) in [7, 11) is -3.59. The topological polar surface area (TPSA) is 74.7 Å². The van der Waals surface area contributed by atoms with Crippen LogP contribution < -0.4 is 0 Å². The first-order valence-corrected chi connectivity index (χ1v) is 9.28. The molecule has 0 amide bonds. The minimum absolute atomic E-state index is 0.200. The Hall–Kier alpha value is -0.630. The van der Waals surface area contributed by atoms with E-state index in [0.717, 1.165) is 17.8 Å². The molecule has 2 heterocycles. The Labute approximate surface area is 133 Å². The molecule has 0 saturated carbocycles. The van der Waals surface area contributed by atoms with Crippen LogP contribution in [-0.4, -0.2) is 36.9 Å². The van der Waals surface area contributed by atoms with Gasteiger partial charge in [-0.15, -0.1) is 11.3 Å². The fourth-order valence-electron chi connectivity index (χ4n) is 2.49. The second-order valence-corrected chi connectivity index (χ2v) is 9.67. The predicted molar refractivity (Wildman–Crippen MR) is 82.2 cm³/mol. The van der Waals surface area contributed by atoms with Crippen molar-refractivity contribution < 1.29 is 18.3 Å². The molecule has 0 aromatic carbocycles. The minimum atomic E-state index is -3.59. The molecule has 5 nitrogen and oxygen atoms in total. The molecule has 1 fully saturated rings. The highest BCUT2D eigenvalue weighted by atomic mass is 35.5. The average molecular weight is 352 g/mol. The molecule has 1 aliphatic rings. The summed E-state index contributed by atoms with van der Waals surface area (Å²) in [6.07, 6.45) is 1.39. The molecule has 118 valence electrons. The van der Waals surface area contributed by atoms with Gasteiger partial charge in [-0.25, -0.2) is 8.42 Å². The van der Waals surface area contributed by atoms with Crippen LogP contribution in [0.15, 0.2) is 16.3 Å². The van der Waals surface area contributed by atoms with E-state index in [4.69, 9.17) is 11.6 Å². The van der Waals surface area contributed by atoms with Crippen LogP contribution in [0, 0.1) is 11.3 Å². The Kier molecular flexibility index (Phi) is 4.68. The number of thiophene rings is 1. The number of nitrogens with zero attached hydrogens (tertiary/aromatic N) is 1. The van der Waals surface area contributed by atoms with E-state index in [1.807, 2.05) is 0 Å². The van der Waals surface area contributed by atoms with Gasteiger partial charge in [-0.3, -0.25) is 4.79 Å². The van der Waals surface area contributed by atoms with Gasteiger partial charge in [0.2, 0.25) is 0 Å². The average Bonchev–Trinajstić information content (AvgIpc) is 2.86. The highest BCUT2D eigenvalue weighted by Gasteiger charge is 2.42. The van der Waals surface area contributed by atoms with Crippen molar-refractivity contribution in [2.45, 2.75) is 30.9 Å². The highest BCUT2D eigenvalue weighted by molar-refractivity contribution is 7.91. The maximum absolute atomic E-state index is 12.6. The number of rotatable bonds is 4. The van der Waals surface area contributed by atoms with Crippen molar-refractivity contribution in [3.8, 4) is 0 Å². The molecular weight excluding hydrogens is 334 g/mol. The number of carboxylic acids is 1. The summed E-state index contributed by atoms with van der Waals surface area (Å²) >= 11 is 6.83. The number of carbonyl (C=O) groups is 1. The molecule has 0 bridgehead atoms. The normalized spacial score (nSPS) is 21.4. The molecule has 1 unspecified atom stereocenters. The monoisotopic (exact) mass is 351 g/mol. The van der Waals surface area contributed by atoms with Gasteiger partial charge in [0.1, 0.15) is 4.21 Å². The number of aliphatic carboxylic acids is 1. The summed E-state index contributed by atoms with van der Waals surface area (Å²) < 4.78 is 27.2. The lowest BCUT2D eigenvalue weighted by atomic mass is 9.75. The van der Waals surface area contributed by atoms with Gasteiger partial charge < -0.3 is 5.11 Å². The van der Waals surface area contributed by atoms with Crippen LogP contribution >= 0.6 is 22.9 Å². The molecule has 0 spiro atoms. The maximum Gasteiger partial charge on any atom is 0.309 e. The summed E-state index contributed by atoms with van der Waals surface area (Å²) in [4.78, 5) is 11.4. The summed E-state index contributed by atoms with van der Waals surface area (Å²) in [6, 6.07) is 3.05. The summed E-state index contributed by atoms with van der Waals surface area (Å²) in [6.45, 7) is 3.96. The zero-order valence-electron chi connectivity index (χ0n) is 11.9. The first-order chi connectivity index (χ1) is 9.65. The van der Waals surface area contributed by atoms with Crippen LogP contribution in [0.5, 0.6) is 0 Å². The van der Waals surface area contributed by atoms with E-state index in [9.17, 15) is 18.3 Å². The third-order valence-corrected chi connectivity index (χ3v) is 7.66. The molecule has 8 heteroatoms. The Morgan fingerprint density at radius 3 is 2.67 bits per heavy atom. The lowest BCUT2D eigenvalue weighted by Gasteiger charge is -2.38. The molecule has 1 N–H and O–H groups in total. The van der Waals surface area contributed by atoms with Gasteiger partial charge in [-0.1, -0.05) is 11.6 Å². The molecule has 1 aromatic rings. The van der Waals surface area contributed by atoms with Gasteiger partial charge in [0, 0.05) is 13.1 Å². The van der Waals surface area contributed by atoms with Crippen molar-refractivity contribution in [1.29, 1.82) is 0 Å². The van der Waals surface area contributed by atoms with Crippen LogP contribution in [0.25, 0.3) is 0 Å². The smallest absolute Gasteiger partial charge is 0.309 e. The van der Waals surface area contributed by atoms with Gasteiger partial charge in [0.25, 0.3) is 10.0 Å². The summed E-state index contributed by atoms with van der Waals surface area (Å²) in [5.41, 5.74) is -0.943. The van der Waals surface area contributed by atoms with Gasteiger partial charge in [0.05, 0.1) is 9.75 Å². The van der Waals surface area contributed by atoms with Gasteiger partial charge in [0.15, 0.2) is 0 Å². The molecule has 2 rings (SSSR count). The minimum Gasteiger partial charge on any atom is -0.481 e. The van der Waals surface area contributed by atoms with Gasteiger partial charge >= 0.3 is 5.97 Å². The predicted octanol–water partition coefficient (Wildman–Crippen LogP) is 2.91. The number of hydrogen-bond acceptors (Lipinski definition) is 4. The number of carboxylic acid groups (broad SMARTS) is 1. The fraction of sp³-hybridized carbons (Fsp3) is 0.615. The molecule has 0 radical (unpaired) electrons. The lowest BCUT2D eigenvalue weighted by Crippen LogP contribution is -2.46. The second-order valence-electron chi connectivity index (χ2n) is 5.79. The Morgan fingerprint density at radius 2 is 2.14 bits per heavy atom. The lowest BCUT2D eigenvalue weighted by molar-refractivity contribution is -0.151. The zero-order valence-corrected chi connectivity index (χ0v) is 14.3. The molecule has 1 aromatic heterocycles. The summed E-state index contributed by atoms with van der Waals surface area (Å²) in [5, 5.41) is 9.32. The van der Waals surface area contributed by atoms with Crippen LogP contribution in [-0.2, 0) is 14.8 Å². The van der Waals surface area contributed by atoms with Crippen LogP contribution in [0.1, 0.15) is 26.7 Å². The van der Waals surface area contributed by atoms with E-state index in [2.05, 4.69) is 0 Å². The molecule has 1 atom stereocenters. The van der Waals surface area contributed by atoms with Crippen molar-refractivity contribution in [3.05, 3.63) is 16.5 Å². The van der Waals surface area contributed by atoms with E-state index in [1.165, 1.54) is 10.4 Å². The zero-order chi connectivity index (χ0) is 15.8. The molecular formula is C13H18ClNO4S2. The van der Waals surface area contributed by atoms with E-state index in [1.54, 1.807) is 19.9 Å². The largest absolute Gasteiger partial charge is 0.481 e. The van der Waals surface area contributed by atoms with Gasteiger partial charge in [-0.2, -0.15) is 4.31 Å². The van der Waals surface area contributed by atoms with E-state index < -0.39 is 21.4 Å². The van der Waals surface area contributed by atoms with Crippen molar-refractivity contribution in [1.82, 2.24) is 4.31 Å². The Bertz CT molecular complexity index is 638. The van der Waals surface area contributed by atoms with Crippen molar-refractivity contribution in [2.24, 2.45) is 11.3 Å². The number of piperidine rings is 1. The second kappa shape index (κ2) is 5.87. The van der Waals surface area contributed by atoms with Crippen molar-refractivity contribution >= 4 is 38.9 Å². The molecule has 1 aliphatic heterocycles. The Morgan fingerprint density at radius 1 is 1.48 bits per heavy atom. The number of hydrogen-bond donors (Lipinski definition) is 1. The van der Waals surface area contributed by atoms with Crippen LogP contribution in [0.3, 0.4) is 0 Å². The van der Waals surface area contributed by atoms with Crippen molar-refractivity contribution in [2.75, 3.05) is 13.1 Å². The highest BCUT2D eigenvalue weighted by Crippen LogP contribution is 2.37. The van der Waals surface area contributed by atoms with E-state index >= 15 is 0 Å². The first kappa shape index (κ1) is 16.7. The summed E-state index contributed by atoms with van der Waals surface area (Å²) in [5.74, 6) is -1.10. The van der Waals surface area contributed by atoms with E-state index in [0.29, 0.717) is 17.3 Å². The quantitative estimate of drug-likeness (QED) is 0.905. The van der Waals surface area contributed by atoms with E-state index in [-0.39, 0.29) is 16.7 Å². The Balaban J connectivity index is 2.24. The van der Waals surface area contributed by atoms with Crippen LogP contribution in [0.2, 0.25) is 4.34 Å². The molecule has 0 aliphatic carbocycles. The first-order valence-electron chi connectivity index (χ1n) is 6.64. The molecule has 21 heavy (non-hydrogen) atoms. The SMILES string of the molecule is CC(C)(C(=O)O)C1CCCN(S(=O)(=O)c2ccc(Cl)s2)C1. The number of halogens is 1. The molecule has 1 saturated heterocycles.